The van der Waals surface area contributed by atoms with Crippen LogP contribution in [0.5, 0.6) is 11.5 Å². The highest BCUT2D eigenvalue weighted by molar-refractivity contribution is 5.95. The van der Waals surface area contributed by atoms with Gasteiger partial charge in [-0.2, -0.15) is 5.10 Å². The Morgan fingerprint density at radius 2 is 2.04 bits per heavy atom. The molecule has 2 rings (SSSR count). The van der Waals surface area contributed by atoms with Crippen LogP contribution >= 0.6 is 0 Å². The van der Waals surface area contributed by atoms with Crippen molar-refractivity contribution in [2.45, 2.75) is 6.92 Å². The maximum absolute atomic E-state index is 11.9. The summed E-state index contributed by atoms with van der Waals surface area (Å²) in [6.07, 6.45) is 1.13. The van der Waals surface area contributed by atoms with Crippen LogP contribution in [0.25, 0.3) is 0 Å². The van der Waals surface area contributed by atoms with Gasteiger partial charge >= 0.3 is 0 Å². The Morgan fingerprint density at radius 1 is 1.33 bits per heavy atom. The van der Waals surface area contributed by atoms with Crippen molar-refractivity contribution >= 4 is 17.8 Å². The third-order valence-corrected chi connectivity index (χ3v) is 3.02. The zero-order valence-corrected chi connectivity index (χ0v) is 12.8. The summed E-state index contributed by atoms with van der Waals surface area (Å²) >= 11 is 0. The molecule has 8 heteroatoms. The molecule has 0 heterocycles. The maximum Gasteiger partial charge on any atom is 0.271 e. The molecule has 0 bridgehead atoms. The summed E-state index contributed by atoms with van der Waals surface area (Å²) in [5, 5.41) is 24.0. The molecule has 0 unspecified atom stereocenters. The average molecular weight is 329 g/mol. The van der Waals surface area contributed by atoms with Gasteiger partial charge in [0.25, 0.3) is 11.6 Å². The molecule has 0 fully saturated rings. The Kier molecular flexibility index (Phi) is 5.45. The van der Waals surface area contributed by atoms with Crippen molar-refractivity contribution in [2.75, 3.05) is 6.61 Å². The third-order valence-electron chi connectivity index (χ3n) is 3.02. The van der Waals surface area contributed by atoms with E-state index in [4.69, 9.17) is 4.74 Å². The van der Waals surface area contributed by atoms with Gasteiger partial charge in [-0.25, -0.2) is 5.43 Å². The molecule has 0 spiro atoms. The molecule has 1 amide bonds. The number of benzene rings is 2. The zero-order valence-electron chi connectivity index (χ0n) is 12.8. The number of hydrogen-bond acceptors (Lipinski definition) is 6. The Morgan fingerprint density at radius 3 is 2.67 bits per heavy atom. The van der Waals surface area contributed by atoms with E-state index in [1.165, 1.54) is 12.1 Å². The molecule has 24 heavy (non-hydrogen) atoms. The van der Waals surface area contributed by atoms with Crippen molar-refractivity contribution in [3.8, 4) is 11.5 Å². The van der Waals surface area contributed by atoms with Crippen molar-refractivity contribution < 1.29 is 19.6 Å². The van der Waals surface area contributed by atoms with Crippen molar-refractivity contribution in [1.82, 2.24) is 5.43 Å². The van der Waals surface area contributed by atoms with E-state index in [0.29, 0.717) is 17.9 Å². The Balaban J connectivity index is 2.04. The van der Waals surface area contributed by atoms with Gasteiger partial charge in [0.05, 0.1) is 17.7 Å². The number of ether oxygens (including phenoxy) is 1. The second-order valence-electron chi connectivity index (χ2n) is 4.66. The minimum Gasteiger partial charge on any atom is -0.507 e. The number of nitrogens with one attached hydrogen (secondary N) is 1. The molecular weight excluding hydrogens is 314 g/mol. The lowest BCUT2D eigenvalue weighted by atomic mass is 10.2. The van der Waals surface area contributed by atoms with Crippen LogP contribution in [0.2, 0.25) is 0 Å². The second-order valence-corrected chi connectivity index (χ2v) is 4.66. The number of nitro groups is 1. The van der Waals surface area contributed by atoms with Crippen molar-refractivity contribution in [3.05, 3.63) is 63.7 Å². The fourth-order valence-electron chi connectivity index (χ4n) is 1.85. The quantitative estimate of drug-likeness (QED) is 0.480. The lowest BCUT2D eigenvalue weighted by molar-refractivity contribution is -0.384. The maximum atomic E-state index is 11.9. The SMILES string of the molecule is CCOc1ccc(C(=O)NN=Cc2cc([N+](=O)[O-])ccc2O)cc1. The van der Waals surface area contributed by atoms with Crippen LogP contribution in [0.15, 0.2) is 47.6 Å². The smallest absolute Gasteiger partial charge is 0.271 e. The second kappa shape index (κ2) is 7.73. The van der Waals surface area contributed by atoms with E-state index >= 15 is 0 Å². The van der Waals surface area contributed by atoms with Crippen LogP contribution in [-0.4, -0.2) is 28.8 Å². The van der Waals surface area contributed by atoms with Gasteiger partial charge in [-0.1, -0.05) is 0 Å². The molecule has 2 aromatic rings. The molecule has 8 nitrogen and oxygen atoms in total. The minimum absolute atomic E-state index is 0.121. The molecule has 0 saturated heterocycles. The predicted octanol–water partition coefficient (Wildman–Crippen LogP) is 2.46. The number of rotatable bonds is 6. The van der Waals surface area contributed by atoms with Gasteiger partial charge in [0.2, 0.25) is 0 Å². The van der Waals surface area contributed by atoms with E-state index in [9.17, 15) is 20.0 Å². The molecule has 0 aromatic heterocycles. The number of carbonyl (C=O) groups excluding carboxylic acids is 1. The summed E-state index contributed by atoms with van der Waals surface area (Å²) in [5.74, 6) is 0.0120. The van der Waals surface area contributed by atoms with Crippen molar-refractivity contribution in [3.63, 3.8) is 0 Å². The highest BCUT2D eigenvalue weighted by Crippen LogP contribution is 2.21. The van der Waals surface area contributed by atoms with Gasteiger partial charge in [0, 0.05) is 23.3 Å². The standard InChI is InChI=1S/C16H15N3O5/c1-2-24-14-6-3-11(4-7-14)16(21)18-17-10-12-9-13(19(22)23)5-8-15(12)20/h3-10,20H,2H2,1H3,(H,18,21). The topological polar surface area (TPSA) is 114 Å². The highest BCUT2D eigenvalue weighted by atomic mass is 16.6. The molecule has 0 aliphatic heterocycles. The molecule has 0 radical (unpaired) electrons. The summed E-state index contributed by atoms with van der Waals surface area (Å²) in [4.78, 5) is 22.0. The molecular formula is C16H15N3O5. The molecule has 0 aliphatic carbocycles. The van der Waals surface area contributed by atoms with Crippen molar-refractivity contribution in [1.29, 1.82) is 0 Å². The Hall–Kier alpha value is -3.42. The molecule has 124 valence electrons. The average Bonchev–Trinajstić information content (AvgIpc) is 2.57. The first-order valence-electron chi connectivity index (χ1n) is 7.05. The fourth-order valence-corrected chi connectivity index (χ4v) is 1.85. The van der Waals surface area contributed by atoms with Crippen LogP contribution in [0.4, 0.5) is 5.69 Å². The van der Waals surface area contributed by atoms with Gasteiger partial charge in [-0.05, 0) is 37.3 Å². The first kappa shape index (κ1) is 16.9. The predicted molar refractivity (Wildman–Crippen MR) is 87.4 cm³/mol. The monoisotopic (exact) mass is 329 g/mol. The van der Waals surface area contributed by atoms with Gasteiger partial charge in [-0.15, -0.1) is 0 Å². The summed E-state index contributed by atoms with van der Waals surface area (Å²) < 4.78 is 5.28. The van der Waals surface area contributed by atoms with Crippen LogP contribution in [0, 0.1) is 10.1 Å². The van der Waals surface area contributed by atoms with Gasteiger partial charge in [0.1, 0.15) is 11.5 Å². The summed E-state index contributed by atoms with van der Waals surface area (Å²) in [7, 11) is 0. The lowest BCUT2D eigenvalue weighted by Gasteiger charge is -2.04. The van der Waals surface area contributed by atoms with E-state index in [0.717, 1.165) is 12.3 Å². The Labute approximate surface area is 137 Å². The first-order valence-corrected chi connectivity index (χ1v) is 7.05. The fraction of sp³-hybridized carbons (Fsp3) is 0.125. The molecule has 0 aliphatic rings. The van der Waals surface area contributed by atoms with Crippen LogP contribution in [-0.2, 0) is 0 Å². The number of hydrogen-bond donors (Lipinski definition) is 2. The number of amides is 1. The molecule has 0 saturated carbocycles. The molecule has 2 aromatic carbocycles. The van der Waals surface area contributed by atoms with E-state index < -0.39 is 10.8 Å². The number of phenolic OH excluding ortho intramolecular Hbond substituents is 1. The minimum atomic E-state index is -0.588. The third kappa shape index (κ3) is 4.29. The first-order chi connectivity index (χ1) is 11.5. The number of carbonyl (C=O) groups is 1. The summed E-state index contributed by atoms with van der Waals surface area (Å²) in [6.45, 7) is 2.39. The summed E-state index contributed by atoms with van der Waals surface area (Å²) in [6, 6.07) is 10.0. The van der Waals surface area contributed by atoms with Gasteiger partial charge in [-0.3, -0.25) is 14.9 Å². The normalized spacial score (nSPS) is 10.5. The van der Waals surface area contributed by atoms with Gasteiger partial charge in [0.15, 0.2) is 0 Å². The Bertz CT molecular complexity index is 772. The van der Waals surface area contributed by atoms with Gasteiger partial charge < -0.3 is 9.84 Å². The highest BCUT2D eigenvalue weighted by Gasteiger charge is 2.09. The van der Waals surface area contributed by atoms with Crippen LogP contribution < -0.4 is 10.2 Å². The molecule has 2 N–H and O–H groups in total. The lowest BCUT2D eigenvalue weighted by Crippen LogP contribution is -2.17. The van der Waals surface area contributed by atoms with E-state index in [1.807, 2.05) is 6.92 Å². The van der Waals surface area contributed by atoms with E-state index in [2.05, 4.69) is 10.5 Å². The van der Waals surface area contributed by atoms with Crippen LogP contribution in [0.3, 0.4) is 0 Å². The summed E-state index contributed by atoms with van der Waals surface area (Å²) in [5.41, 5.74) is 2.59. The number of phenols is 1. The van der Waals surface area contributed by atoms with E-state index in [1.54, 1.807) is 24.3 Å². The number of hydrazone groups is 1. The largest absolute Gasteiger partial charge is 0.507 e. The molecule has 0 atom stereocenters. The zero-order chi connectivity index (χ0) is 17.5. The number of nitro benzene ring substituents is 1. The van der Waals surface area contributed by atoms with E-state index in [-0.39, 0.29) is 17.0 Å². The number of nitrogens with zero attached hydrogens (tertiary/aromatic N) is 2. The van der Waals surface area contributed by atoms with Crippen LogP contribution in [0.1, 0.15) is 22.8 Å². The number of aromatic hydroxyl groups is 1. The number of non-ortho nitro benzene ring substituents is 1. The van der Waals surface area contributed by atoms with Crippen molar-refractivity contribution in [2.24, 2.45) is 5.10 Å².